The third-order valence-corrected chi connectivity index (χ3v) is 3.22. The van der Waals surface area contributed by atoms with E-state index in [0.717, 1.165) is 0 Å². The van der Waals surface area contributed by atoms with E-state index in [2.05, 4.69) is 15.2 Å². The van der Waals surface area contributed by atoms with E-state index in [4.69, 9.17) is 0 Å². The van der Waals surface area contributed by atoms with Gasteiger partial charge in [-0.2, -0.15) is 0 Å². The van der Waals surface area contributed by atoms with Gasteiger partial charge in [0.1, 0.15) is 23.8 Å². The molecule has 0 amide bonds. The number of hydrogen-bond donors (Lipinski definition) is 1. The van der Waals surface area contributed by atoms with Crippen molar-refractivity contribution < 1.29 is 14.3 Å². The number of rotatable bonds is 4. The standard InChI is InChI=1S/C14H11FN4O2/c15-10-3-1-9(2-4-10)7-11(14(20)21)12-13-18-17-8-19(13)6-5-16-12/h1-6,8,11H,7H2,(H,20,21). The Bertz CT molecular complexity index is 785. The first-order valence-corrected chi connectivity index (χ1v) is 6.26. The van der Waals surface area contributed by atoms with Gasteiger partial charge < -0.3 is 5.11 Å². The molecule has 21 heavy (non-hydrogen) atoms. The van der Waals surface area contributed by atoms with Gasteiger partial charge in [-0.1, -0.05) is 12.1 Å². The molecule has 0 aliphatic heterocycles. The predicted octanol–water partition coefficient (Wildman–Crippen LogP) is 1.67. The zero-order valence-corrected chi connectivity index (χ0v) is 10.8. The second-order valence-corrected chi connectivity index (χ2v) is 4.60. The summed E-state index contributed by atoms with van der Waals surface area (Å²) >= 11 is 0. The number of nitrogens with zero attached hydrogens (tertiary/aromatic N) is 4. The van der Waals surface area contributed by atoms with E-state index in [1.165, 1.54) is 24.7 Å². The van der Waals surface area contributed by atoms with Crippen LogP contribution in [-0.2, 0) is 11.2 Å². The molecule has 2 heterocycles. The molecule has 0 aliphatic carbocycles. The van der Waals surface area contributed by atoms with Gasteiger partial charge in [-0.15, -0.1) is 10.2 Å². The van der Waals surface area contributed by atoms with Gasteiger partial charge in [0.2, 0.25) is 0 Å². The lowest BCUT2D eigenvalue weighted by Crippen LogP contribution is -2.17. The van der Waals surface area contributed by atoms with Crippen LogP contribution in [0.1, 0.15) is 17.2 Å². The molecule has 0 saturated carbocycles. The third kappa shape index (κ3) is 2.58. The highest BCUT2D eigenvalue weighted by atomic mass is 19.1. The van der Waals surface area contributed by atoms with Crippen LogP contribution in [0.15, 0.2) is 43.0 Å². The maximum atomic E-state index is 12.9. The van der Waals surface area contributed by atoms with Crippen molar-refractivity contribution in [3.05, 3.63) is 60.1 Å². The minimum absolute atomic E-state index is 0.204. The first kappa shape index (κ1) is 13.2. The molecule has 1 N–H and O–H groups in total. The molecule has 0 spiro atoms. The lowest BCUT2D eigenvalue weighted by molar-refractivity contribution is -0.138. The predicted molar refractivity (Wildman–Crippen MR) is 71.3 cm³/mol. The van der Waals surface area contributed by atoms with E-state index < -0.39 is 11.9 Å². The average molecular weight is 286 g/mol. The van der Waals surface area contributed by atoms with Gasteiger partial charge in [-0.25, -0.2) is 4.39 Å². The number of fused-ring (bicyclic) bond motifs is 1. The summed E-state index contributed by atoms with van der Waals surface area (Å²) in [6, 6.07) is 5.74. The quantitative estimate of drug-likeness (QED) is 0.789. The number of aromatic nitrogens is 4. The summed E-state index contributed by atoms with van der Waals surface area (Å²) in [4.78, 5) is 15.7. The third-order valence-electron chi connectivity index (χ3n) is 3.22. The van der Waals surface area contributed by atoms with Crippen molar-refractivity contribution in [1.29, 1.82) is 0 Å². The lowest BCUT2D eigenvalue weighted by Gasteiger charge is -2.12. The van der Waals surface area contributed by atoms with Crippen molar-refractivity contribution in [3.63, 3.8) is 0 Å². The van der Waals surface area contributed by atoms with E-state index in [9.17, 15) is 14.3 Å². The second-order valence-electron chi connectivity index (χ2n) is 4.60. The van der Waals surface area contributed by atoms with Gasteiger partial charge in [0.05, 0.1) is 0 Å². The van der Waals surface area contributed by atoms with Crippen LogP contribution in [0.5, 0.6) is 0 Å². The molecular weight excluding hydrogens is 275 g/mol. The van der Waals surface area contributed by atoms with Crippen molar-refractivity contribution in [3.8, 4) is 0 Å². The monoisotopic (exact) mass is 286 g/mol. The van der Waals surface area contributed by atoms with Crippen LogP contribution in [0.4, 0.5) is 4.39 Å². The summed E-state index contributed by atoms with van der Waals surface area (Å²) in [5, 5.41) is 17.1. The summed E-state index contributed by atoms with van der Waals surface area (Å²) in [6.45, 7) is 0. The first-order chi connectivity index (χ1) is 10.1. The molecule has 0 radical (unpaired) electrons. The van der Waals surface area contributed by atoms with Gasteiger partial charge in [-0.3, -0.25) is 14.2 Å². The highest BCUT2D eigenvalue weighted by molar-refractivity contribution is 5.78. The smallest absolute Gasteiger partial charge is 0.313 e. The van der Waals surface area contributed by atoms with Gasteiger partial charge >= 0.3 is 5.97 Å². The number of aliphatic carboxylic acids is 1. The van der Waals surface area contributed by atoms with Crippen LogP contribution in [0.3, 0.4) is 0 Å². The molecular formula is C14H11FN4O2. The Labute approximate surface area is 118 Å². The number of carbonyl (C=O) groups is 1. The van der Waals surface area contributed by atoms with Crippen LogP contribution in [0.25, 0.3) is 5.65 Å². The SMILES string of the molecule is O=C(O)C(Cc1ccc(F)cc1)c1nccn2cnnc12. The van der Waals surface area contributed by atoms with Crippen LogP contribution < -0.4 is 0 Å². The van der Waals surface area contributed by atoms with E-state index >= 15 is 0 Å². The Hall–Kier alpha value is -2.83. The molecule has 1 aromatic carbocycles. The summed E-state index contributed by atoms with van der Waals surface area (Å²) in [5.41, 5.74) is 1.46. The highest BCUT2D eigenvalue weighted by Gasteiger charge is 2.25. The van der Waals surface area contributed by atoms with E-state index in [0.29, 0.717) is 16.9 Å². The topological polar surface area (TPSA) is 80.4 Å². The molecule has 6 nitrogen and oxygen atoms in total. The minimum atomic E-state index is -1.01. The fraction of sp³-hybridized carbons (Fsp3) is 0.143. The Morgan fingerprint density at radius 2 is 2.10 bits per heavy atom. The molecule has 0 fully saturated rings. The maximum absolute atomic E-state index is 12.9. The number of benzene rings is 1. The zero-order valence-electron chi connectivity index (χ0n) is 10.8. The van der Waals surface area contributed by atoms with E-state index in [1.54, 1.807) is 22.7 Å². The second kappa shape index (κ2) is 5.28. The Balaban J connectivity index is 2.00. The Kier molecular flexibility index (Phi) is 3.31. The lowest BCUT2D eigenvalue weighted by atomic mass is 9.96. The van der Waals surface area contributed by atoms with Gasteiger partial charge in [0.25, 0.3) is 0 Å². The molecule has 1 atom stereocenters. The van der Waals surface area contributed by atoms with Gasteiger partial charge in [0.15, 0.2) is 5.65 Å². The van der Waals surface area contributed by atoms with Crippen molar-refractivity contribution in [2.45, 2.75) is 12.3 Å². The molecule has 3 aromatic rings. The van der Waals surface area contributed by atoms with Gasteiger partial charge in [0, 0.05) is 12.4 Å². The van der Waals surface area contributed by atoms with E-state index in [1.807, 2.05) is 0 Å². The van der Waals surface area contributed by atoms with Crippen LogP contribution in [0, 0.1) is 5.82 Å². The summed E-state index contributed by atoms with van der Waals surface area (Å²) in [7, 11) is 0. The van der Waals surface area contributed by atoms with Crippen LogP contribution in [0.2, 0.25) is 0 Å². The number of carboxylic acids is 1. The first-order valence-electron chi connectivity index (χ1n) is 6.26. The Morgan fingerprint density at radius 3 is 2.81 bits per heavy atom. The van der Waals surface area contributed by atoms with Crippen LogP contribution in [-0.4, -0.2) is 30.7 Å². The van der Waals surface area contributed by atoms with Crippen molar-refractivity contribution >= 4 is 11.6 Å². The molecule has 0 bridgehead atoms. The number of hydrogen-bond acceptors (Lipinski definition) is 4. The maximum Gasteiger partial charge on any atom is 0.313 e. The van der Waals surface area contributed by atoms with Crippen molar-refractivity contribution in [2.24, 2.45) is 0 Å². The largest absolute Gasteiger partial charge is 0.481 e. The Morgan fingerprint density at radius 1 is 1.33 bits per heavy atom. The molecule has 7 heteroatoms. The number of halogens is 1. The van der Waals surface area contributed by atoms with Gasteiger partial charge in [-0.05, 0) is 24.1 Å². The summed E-state index contributed by atoms with van der Waals surface area (Å²) < 4.78 is 14.5. The molecule has 1 unspecified atom stereocenters. The minimum Gasteiger partial charge on any atom is -0.481 e. The molecule has 106 valence electrons. The van der Waals surface area contributed by atoms with E-state index in [-0.39, 0.29) is 12.2 Å². The molecule has 2 aromatic heterocycles. The average Bonchev–Trinajstić information content (AvgIpc) is 2.95. The zero-order chi connectivity index (χ0) is 14.8. The highest BCUT2D eigenvalue weighted by Crippen LogP contribution is 2.22. The summed E-state index contributed by atoms with van der Waals surface area (Å²) in [5.74, 6) is -2.24. The molecule has 0 saturated heterocycles. The molecule has 0 aliphatic rings. The fourth-order valence-electron chi connectivity index (χ4n) is 2.18. The normalized spacial score (nSPS) is 12.4. The molecule has 3 rings (SSSR count). The van der Waals surface area contributed by atoms with Crippen molar-refractivity contribution in [2.75, 3.05) is 0 Å². The fourth-order valence-corrected chi connectivity index (χ4v) is 2.18. The van der Waals surface area contributed by atoms with Crippen LogP contribution >= 0.6 is 0 Å². The summed E-state index contributed by atoms with van der Waals surface area (Å²) in [6.07, 6.45) is 4.84. The number of carboxylic acid groups (broad SMARTS) is 1. The van der Waals surface area contributed by atoms with Crippen molar-refractivity contribution in [1.82, 2.24) is 19.6 Å².